The first-order valence-corrected chi connectivity index (χ1v) is 13.8. The Labute approximate surface area is 227 Å². The number of hydrogen-bond donors (Lipinski definition) is 1. The molecule has 5 nitrogen and oxygen atoms in total. The first-order valence-electron chi connectivity index (χ1n) is 13.8. The van der Waals surface area contributed by atoms with Crippen molar-refractivity contribution in [2.75, 3.05) is 20.1 Å². The standard InChI is InChI=1S/C31H35F3N2O3/c1-19(2)18-36(26(37)11-10-20-6-4-8-22(16-20)31(32,33)34)23-12-13-30(38)25-17-21-7-5-9-24-27(21)29(30,28(23)39-24)14-15-35(25)3/h4-11,16,19,23,25,28,38H,12-15,17-18H2,1-3H3/t23?,25-,28?,29+,30-/m1/s1. The third-order valence-corrected chi connectivity index (χ3v) is 9.47. The van der Waals surface area contributed by atoms with Crippen LogP contribution in [-0.4, -0.2) is 64.7 Å². The smallest absolute Gasteiger partial charge is 0.416 e. The van der Waals surface area contributed by atoms with Gasteiger partial charge in [0.2, 0.25) is 5.91 Å². The van der Waals surface area contributed by atoms with Crippen molar-refractivity contribution in [3.63, 3.8) is 0 Å². The van der Waals surface area contributed by atoms with E-state index in [-0.39, 0.29) is 23.9 Å². The van der Waals surface area contributed by atoms with Crippen molar-refractivity contribution in [1.29, 1.82) is 0 Å². The van der Waals surface area contributed by atoms with E-state index in [1.807, 2.05) is 30.9 Å². The molecular formula is C31H35F3N2O3. The molecule has 1 amide bonds. The van der Waals surface area contributed by atoms with E-state index in [0.717, 1.165) is 42.8 Å². The number of amides is 1. The van der Waals surface area contributed by atoms with Crippen molar-refractivity contribution >= 4 is 12.0 Å². The third kappa shape index (κ3) is 3.93. The van der Waals surface area contributed by atoms with E-state index in [1.54, 1.807) is 6.07 Å². The summed E-state index contributed by atoms with van der Waals surface area (Å²) in [5.74, 6) is 0.723. The zero-order valence-electron chi connectivity index (χ0n) is 22.5. The average Bonchev–Trinajstić information content (AvgIpc) is 3.23. The molecule has 0 aromatic heterocycles. The Bertz CT molecular complexity index is 1320. The molecular weight excluding hydrogens is 505 g/mol. The highest BCUT2D eigenvalue weighted by molar-refractivity contribution is 5.92. The normalized spacial score (nSPS) is 31.3. The lowest BCUT2D eigenvalue weighted by Crippen LogP contribution is -2.78. The number of halogens is 3. The predicted molar refractivity (Wildman–Crippen MR) is 142 cm³/mol. The van der Waals surface area contributed by atoms with Crippen molar-refractivity contribution in [2.24, 2.45) is 5.92 Å². The van der Waals surface area contributed by atoms with Gasteiger partial charge in [-0.1, -0.05) is 38.1 Å². The molecule has 208 valence electrons. The van der Waals surface area contributed by atoms with Crippen LogP contribution < -0.4 is 4.74 Å². The molecule has 1 saturated carbocycles. The van der Waals surface area contributed by atoms with E-state index in [4.69, 9.17) is 4.74 Å². The SMILES string of the molecule is CC(C)CN(C(=O)C=Cc1cccc(C(F)(F)F)c1)C1CC[C@@]2(O)[C@H]3Cc4cccc5c4[C@@]2(CCN3C)C1O5. The van der Waals surface area contributed by atoms with Gasteiger partial charge in [0, 0.05) is 24.2 Å². The summed E-state index contributed by atoms with van der Waals surface area (Å²) in [5.41, 5.74) is 0.340. The van der Waals surface area contributed by atoms with Crippen LogP contribution in [0, 0.1) is 5.92 Å². The Hall–Kier alpha value is -2.84. The summed E-state index contributed by atoms with van der Waals surface area (Å²) in [7, 11) is 2.08. The molecule has 1 saturated heterocycles. The second-order valence-electron chi connectivity index (χ2n) is 12.1. The number of benzene rings is 2. The number of likely N-dealkylation sites (tertiary alicyclic amines) is 1. The number of nitrogens with zero attached hydrogens (tertiary/aromatic N) is 2. The van der Waals surface area contributed by atoms with Gasteiger partial charge in [-0.05, 0) is 80.6 Å². The number of piperidine rings is 1. The molecule has 2 bridgehead atoms. The Kier molecular flexibility index (Phi) is 6.15. The van der Waals surface area contributed by atoms with Crippen molar-refractivity contribution < 1.29 is 27.8 Å². The summed E-state index contributed by atoms with van der Waals surface area (Å²) in [6, 6.07) is 10.8. The van der Waals surface area contributed by atoms with Crippen molar-refractivity contribution in [2.45, 2.75) is 74.9 Å². The first-order chi connectivity index (χ1) is 18.5. The summed E-state index contributed by atoms with van der Waals surface area (Å²) in [4.78, 5) is 17.9. The van der Waals surface area contributed by atoms with Gasteiger partial charge in [-0.15, -0.1) is 0 Å². The van der Waals surface area contributed by atoms with Crippen molar-refractivity contribution in [3.05, 3.63) is 70.8 Å². The van der Waals surface area contributed by atoms with Crippen LogP contribution in [0.1, 0.15) is 55.4 Å². The number of ether oxygens (including phenoxy) is 1. The second-order valence-corrected chi connectivity index (χ2v) is 12.1. The van der Waals surface area contributed by atoms with Gasteiger partial charge in [0.1, 0.15) is 11.9 Å². The summed E-state index contributed by atoms with van der Waals surface area (Å²) >= 11 is 0. The fraction of sp³-hybridized carbons (Fsp3) is 0.516. The highest BCUT2D eigenvalue weighted by Gasteiger charge is 2.72. The molecule has 2 aromatic rings. The molecule has 2 aromatic carbocycles. The maximum Gasteiger partial charge on any atom is 0.416 e. The molecule has 2 aliphatic heterocycles. The minimum atomic E-state index is -4.45. The van der Waals surface area contributed by atoms with E-state index in [2.05, 4.69) is 18.0 Å². The Morgan fingerprint density at radius 1 is 1.23 bits per heavy atom. The maximum atomic E-state index is 13.8. The van der Waals surface area contributed by atoms with E-state index in [1.165, 1.54) is 23.8 Å². The van der Waals surface area contributed by atoms with E-state index in [0.29, 0.717) is 24.9 Å². The zero-order valence-corrected chi connectivity index (χ0v) is 22.5. The molecule has 2 unspecified atom stereocenters. The van der Waals surface area contributed by atoms with Crippen molar-refractivity contribution in [3.8, 4) is 5.75 Å². The van der Waals surface area contributed by atoms with Gasteiger partial charge in [0.15, 0.2) is 0 Å². The highest BCUT2D eigenvalue weighted by Crippen LogP contribution is 2.64. The Morgan fingerprint density at radius 2 is 2.00 bits per heavy atom. The van der Waals surface area contributed by atoms with E-state index >= 15 is 0 Å². The minimum absolute atomic E-state index is 0.0193. The number of carbonyl (C=O) groups is 1. The topological polar surface area (TPSA) is 53.0 Å². The molecule has 2 aliphatic carbocycles. The summed E-state index contributed by atoms with van der Waals surface area (Å²) in [6.45, 7) is 5.41. The summed E-state index contributed by atoms with van der Waals surface area (Å²) in [5, 5.41) is 12.4. The number of likely N-dealkylation sites (N-methyl/N-ethyl adjacent to an activating group) is 1. The Morgan fingerprint density at radius 3 is 2.74 bits per heavy atom. The third-order valence-electron chi connectivity index (χ3n) is 9.47. The number of hydrogen-bond acceptors (Lipinski definition) is 4. The molecule has 4 aliphatic rings. The second kappa shape index (κ2) is 9.10. The van der Waals surface area contributed by atoms with Crippen LogP contribution in [-0.2, 0) is 22.8 Å². The molecule has 1 spiro atoms. The number of rotatable bonds is 5. The Balaban J connectivity index is 1.36. The fourth-order valence-corrected chi connectivity index (χ4v) is 7.88. The quantitative estimate of drug-likeness (QED) is 0.539. The molecule has 39 heavy (non-hydrogen) atoms. The van der Waals surface area contributed by atoms with Crippen LogP contribution in [0.15, 0.2) is 48.5 Å². The molecule has 5 atom stereocenters. The van der Waals surface area contributed by atoms with Crippen LogP contribution in [0.4, 0.5) is 13.2 Å². The minimum Gasteiger partial charge on any atom is -0.487 e. The van der Waals surface area contributed by atoms with Gasteiger partial charge < -0.3 is 19.6 Å². The van der Waals surface area contributed by atoms with Gasteiger partial charge in [-0.2, -0.15) is 13.2 Å². The molecule has 8 heteroatoms. The fourth-order valence-electron chi connectivity index (χ4n) is 7.88. The monoisotopic (exact) mass is 540 g/mol. The molecule has 6 rings (SSSR count). The van der Waals surface area contributed by atoms with Gasteiger partial charge in [-0.3, -0.25) is 4.79 Å². The maximum absolute atomic E-state index is 13.8. The van der Waals surface area contributed by atoms with Gasteiger partial charge in [0.05, 0.1) is 22.6 Å². The van der Waals surface area contributed by atoms with Crippen LogP contribution in [0.5, 0.6) is 5.75 Å². The highest BCUT2D eigenvalue weighted by atomic mass is 19.4. The zero-order chi connectivity index (χ0) is 27.7. The summed E-state index contributed by atoms with van der Waals surface area (Å²) in [6.07, 6.45) is 0.646. The van der Waals surface area contributed by atoms with Crippen LogP contribution in [0.2, 0.25) is 0 Å². The largest absolute Gasteiger partial charge is 0.487 e. The molecule has 0 radical (unpaired) electrons. The first kappa shape index (κ1) is 26.4. The number of carbonyl (C=O) groups excluding carboxylic acids is 1. The van der Waals surface area contributed by atoms with Crippen LogP contribution in [0.25, 0.3) is 6.08 Å². The van der Waals surface area contributed by atoms with Crippen LogP contribution >= 0.6 is 0 Å². The predicted octanol–water partition coefficient (Wildman–Crippen LogP) is 5.06. The van der Waals surface area contributed by atoms with Crippen molar-refractivity contribution in [1.82, 2.24) is 9.80 Å². The lowest BCUT2D eigenvalue weighted by molar-refractivity contribution is -0.197. The van der Waals surface area contributed by atoms with Gasteiger partial charge >= 0.3 is 6.18 Å². The van der Waals surface area contributed by atoms with E-state index in [9.17, 15) is 23.1 Å². The lowest BCUT2D eigenvalue weighted by atomic mass is 9.48. The average molecular weight is 541 g/mol. The summed E-state index contributed by atoms with van der Waals surface area (Å²) < 4.78 is 46.3. The van der Waals surface area contributed by atoms with E-state index < -0.39 is 28.9 Å². The molecule has 2 fully saturated rings. The molecule has 1 N–H and O–H groups in total. The molecule has 2 heterocycles. The lowest BCUT2D eigenvalue weighted by Gasteiger charge is -2.64. The number of alkyl halides is 3. The van der Waals surface area contributed by atoms with Crippen LogP contribution in [0.3, 0.4) is 0 Å². The number of aliphatic hydroxyl groups is 1. The van der Waals surface area contributed by atoms with Gasteiger partial charge in [0.25, 0.3) is 0 Å². The van der Waals surface area contributed by atoms with Gasteiger partial charge in [-0.25, -0.2) is 0 Å².